The number of amides is 1. The molecule has 0 spiro atoms. The summed E-state index contributed by atoms with van der Waals surface area (Å²) in [4.78, 5) is 12.3. The molecule has 3 aromatic rings. The number of rotatable bonds is 9. The number of thioether (sulfide) groups is 1. The van der Waals surface area contributed by atoms with Crippen LogP contribution in [-0.4, -0.2) is 42.0 Å². The highest BCUT2D eigenvalue weighted by atomic mass is 32.2. The molecule has 0 radical (unpaired) electrons. The van der Waals surface area contributed by atoms with E-state index in [1.54, 1.807) is 19.3 Å². The third kappa shape index (κ3) is 5.51. The highest BCUT2D eigenvalue weighted by Gasteiger charge is 2.18. The normalized spacial score (nSPS) is 11.2. The SMILES string of the molecule is C=CCn1c(SCC(=O)Nc2cccc(S(N)(=O)=O)c2)nnc1-c1ccccc1OC. The number of nitrogens with one attached hydrogen (secondary N) is 1. The number of carbonyl (C=O) groups excluding carboxylic acids is 1. The van der Waals surface area contributed by atoms with E-state index in [0.29, 0.717) is 29.0 Å². The van der Waals surface area contributed by atoms with Crippen molar-refractivity contribution in [2.75, 3.05) is 18.2 Å². The fourth-order valence-corrected chi connectivity index (χ4v) is 4.10. The molecule has 1 aromatic heterocycles. The minimum Gasteiger partial charge on any atom is -0.496 e. The number of benzene rings is 2. The van der Waals surface area contributed by atoms with Crippen molar-refractivity contribution in [3.63, 3.8) is 0 Å². The van der Waals surface area contributed by atoms with Crippen molar-refractivity contribution in [2.24, 2.45) is 5.14 Å². The molecule has 0 aliphatic heterocycles. The van der Waals surface area contributed by atoms with E-state index in [1.807, 2.05) is 28.8 Å². The van der Waals surface area contributed by atoms with Gasteiger partial charge in [-0.05, 0) is 30.3 Å². The molecule has 1 heterocycles. The van der Waals surface area contributed by atoms with Crippen molar-refractivity contribution < 1.29 is 17.9 Å². The van der Waals surface area contributed by atoms with Gasteiger partial charge in [-0.25, -0.2) is 13.6 Å². The van der Waals surface area contributed by atoms with Gasteiger partial charge < -0.3 is 10.1 Å². The van der Waals surface area contributed by atoms with E-state index >= 15 is 0 Å². The van der Waals surface area contributed by atoms with Crippen LogP contribution in [-0.2, 0) is 21.4 Å². The minimum absolute atomic E-state index is 0.0425. The highest BCUT2D eigenvalue weighted by Crippen LogP contribution is 2.31. The molecule has 3 N–H and O–H groups in total. The number of anilines is 1. The number of aromatic nitrogens is 3. The zero-order valence-electron chi connectivity index (χ0n) is 16.7. The van der Waals surface area contributed by atoms with Crippen LogP contribution in [0, 0.1) is 0 Å². The summed E-state index contributed by atoms with van der Waals surface area (Å²) in [6.07, 6.45) is 1.71. The summed E-state index contributed by atoms with van der Waals surface area (Å²) in [5.41, 5.74) is 1.11. The number of nitrogens with zero attached hydrogens (tertiary/aromatic N) is 3. The second-order valence-electron chi connectivity index (χ2n) is 6.32. The monoisotopic (exact) mass is 459 g/mol. The quantitative estimate of drug-likeness (QED) is 0.371. The summed E-state index contributed by atoms with van der Waals surface area (Å²) in [7, 11) is -2.27. The molecule has 0 saturated carbocycles. The second-order valence-corrected chi connectivity index (χ2v) is 8.82. The molecule has 0 saturated heterocycles. The molecule has 3 rings (SSSR count). The number of para-hydroxylation sites is 1. The molecule has 1 amide bonds. The van der Waals surface area contributed by atoms with Crippen molar-refractivity contribution in [1.29, 1.82) is 0 Å². The van der Waals surface area contributed by atoms with Gasteiger partial charge in [0.05, 0.1) is 23.3 Å². The lowest BCUT2D eigenvalue weighted by Crippen LogP contribution is -2.16. The zero-order chi connectivity index (χ0) is 22.4. The topological polar surface area (TPSA) is 129 Å². The minimum atomic E-state index is -3.86. The molecule has 162 valence electrons. The Labute approximate surface area is 184 Å². The van der Waals surface area contributed by atoms with Crippen LogP contribution in [0.5, 0.6) is 5.75 Å². The summed E-state index contributed by atoms with van der Waals surface area (Å²) in [5, 5.41) is 16.8. The van der Waals surface area contributed by atoms with Crippen molar-refractivity contribution in [3.05, 3.63) is 61.2 Å². The molecule has 0 aliphatic carbocycles. The van der Waals surface area contributed by atoms with E-state index in [9.17, 15) is 13.2 Å². The van der Waals surface area contributed by atoms with Crippen LogP contribution in [0.3, 0.4) is 0 Å². The highest BCUT2D eigenvalue weighted by molar-refractivity contribution is 7.99. The maximum atomic E-state index is 12.4. The van der Waals surface area contributed by atoms with Gasteiger partial charge in [-0.2, -0.15) is 0 Å². The standard InChI is InChI=1S/C20H21N5O4S2/c1-3-11-25-19(16-9-4-5-10-17(16)29-2)23-24-20(25)30-13-18(26)22-14-7-6-8-15(12-14)31(21,27)28/h3-10,12H,1,11,13H2,2H3,(H,22,26)(H2,21,27,28). The Morgan fingerprint density at radius 2 is 2.03 bits per heavy atom. The number of hydrogen-bond donors (Lipinski definition) is 2. The van der Waals surface area contributed by atoms with Gasteiger partial charge in [0, 0.05) is 12.2 Å². The second kappa shape index (κ2) is 9.77. The number of ether oxygens (including phenoxy) is 1. The number of hydrogen-bond acceptors (Lipinski definition) is 7. The Morgan fingerprint density at radius 3 is 2.74 bits per heavy atom. The number of sulfonamides is 1. The third-order valence-corrected chi connectivity index (χ3v) is 6.03. The third-order valence-electron chi connectivity index (χ3n) is 4.16. The lowest BCUT2D eigenvalue weighted by Gasteiger charge is -2.10. The Hall–Kier alpha value is -3.15. The molecule has 2 aromatic carbocycles. The largest absolute Gasteiger partial charge is 0.496 e. The molecule has 0 unspecified atom stereocenters. The van der Waals surface area contributed by atoms with Crippen molar-refractivity contribution in [1.82, 2.24) is 14.8 Å². The van der Waals surface area contributed by atoms with E-state index < -0.39 is 10.0 Å². The Kier molecular flexibility index (Phi) is 7.10. The zero-order valence-corrected chi connectivity index (χ0v) is 18.3. The fraction of sp³-hybridized carbons (Fsp3) is 0.150. The predicted octanol–water partition coefficient (Wildman–Crippen LogP) is 2.52. The van der Waals surface area contributed by atoms with Crippen LogP contribution in [0.25, 0.3) is 11.4 Å². The van der Waals surface area contributed by atoms with Gasteiger partial charge in [-0.1, -0.05) is 36.0 Å². The summed E-state index contributed by atoms with van der Waals surface area (Å²) in [5.74, 6) is 0.967. The van der Waals surface area contributed by atoms with Crippen LogP contribution in [0.4, 0.5) is 5.69 Å². The van der Waals surface area contributed by atoms with Gasteiger partial charge in [0.1, 0.15) is 5.75 Å². The Balaban J connectivity index is 1.75. The van der Waals surface area contributed by atoms with E-state index in [4.69, 9.17) is 9.88 Å². The Morgan fingerprint density at radius 1 is 1.26 bits per heavy atom. The predicted molar refractivity (Wildman–Crippen MR) is 119 cm³/mol. The lowest BCUT2D eigenvalue weighted by atomic mass is 10.2. The average Bonchev–Trinajstić information content (AvgIpc) is 3.14. The first-order valence-corrected chi connectivity index (χ1v) is 11.6. The van der Waals surface area contributed by atoms with Crippen LogP contribution in [0.15, 0.2) is 71.2 Å². The molecule has 11 heteroatoms. The van der Waals surface area contributed by atoms with E-state index in [0.717, 1.165) is 5.56 Å². The molecule has 0 aliphatic rings. The number of allylic oxidation sites excluding steroid dienone is 1. The average molecular weight is 460 g/mol. The number of carbonyl (C=O) groups is 1. The molecule has 0 fully saturated rings. The maximum Gasteiger partial charge on any atom is 0.238 e. The van der Waals surface area contributed by atoms with Crippen LogP contribution >= 0.6 is 11.8 Å². The van der Waals surface area contributed by atoms with E-state index in [-0.39, 0.29) is 16.6 Å². The summed E-state index contributed by atoms with van der Waals surface area (Å²) in [6, 6.07) is 13.2. The Bertz CT molecular complexity index is 1210. The first kappa shape index (κ1) is 22.5. The van der Waals surface area contributed by atoms with Gasteiger partial charge in [0.2, 0.25) is 15.9 Å². The van der Waals surface area contributed by atoms with Crippen LogP contribution < -0.4 is 15.2 Å². The molecule has 0 bridgehead atoms. The van der Waals surface area contributed by atoms with Crippen molar-refractivity contribution in [3.8, 4) is 17.1 Å². The molecule has 31 heavy (non-hydrogen) atoms. The fourth-order valence-electron chi connectivity index (χ4n) is 2.80. The van der Waals surface area contributed by atoms with Gasteiger partial charge in [0.25, 0.3) is 0 Å². The summed E-state index contributed by atoms with van der Waals surface area (Å²) < 4.78 is 30.2. The molecule has 0 atom stereocenters. The van der Waals surface area contributed by atoms with Gasteiger partial charge in [-0.3, -0.25) is 9.36 Å². The van der Waals surface area contributed by atoms with Crippen molar-refractivity contribution >= 4 is 33.4 Å². The van der Waals surface area contributed by atoms with Gasteiger partial charge in [0.15, 0.2) is 11.0 Å². The number of nitrogens with two attached hydrogens (primary N) is 1. The van der Waals surface area contributed by atoms with Gasteiger partial charge in [-0.15, -0.1) is 16.8 Å². The summed E-state index contributed by atoms with van der Waals surface area (Å²) in [6.45, 7) is 4.22. The molecular formula is C20H21N5O4S2. The maximum absolute atomic E-state index is 12.4. The number of primary sulfonamides is 1. The summed E-state index contributed by atoms with van der Waals surface area (Å²) >= 11 is 1.20. The smallest absolute Gasteiger partial charge is 0.238 e. The van der Waals surface area contributed by atoms with Crippen LogP contribution in [0.2, 0.25) is 0 Å². The van der Waals surface area contributed by atoms with Crippen molar-refractivity contribution in [2.45, 2.75) is 16.6 Å². The van der Waals surface area contributed by atoms with E-state index in [2.05, 4.69) is 22.1 Å². The lowest BCUT2D eigenvalue weighted by molar-refractivity contribution is -0.113. The first-order chi connectivity index (χ1) is 14.8. The van der Waals surface area contributed by atoms with Crippen LogP contribution in [0.1, 0.15) is 0 Å². The number of methoxy groups -OCH3 is 1. The van der Waals surface area contributed by atoms with E-state index in [1.165, 1.54) is 30.0 Å². The molecule has 9 nitrogen and oxygen atoms in total. The van der Waals surface area contributed by atoms with Gasteiger partial charge >= 0.3 is 0 Å². The first-order valence-electron chi connectivity index (χ1n) is 9.06. The molecular weight excluding hydrogens is 438 g/mol.